The Bertz CT molecular complexity index is 276. The van der Waals surface area contributed by atoms with Crippen LogP contribution in [0.2, 0.25) is 0 Å². The monoisotopic (exact) mass is 207 g/mol. The van der Waals surface area contributed by atoms with Gasteiger partial charge in [0.15, 0.2) is 0 Å². The second kappa shape index (κ2) is 5.29. The first kappa shape index (κ1) is 12.2. The zero-order chi connectivity index (χ0) is 11.3. The van der Waals surface area contributed by atoms with Gasteiger partial charge in [-0.05, 0) is 11.0 Å². The van der Waals surface area contributed by atoms with Gasteiger partial charge < -0.3 is 10.5 Å². The van der Waals surface area contributed by atoms with Crippen molar-refractivity contribution in [2.45, 2.75) is 33.4 Å². The zero-order valence-electron chi connectivity index (χ0n) is 9.86. The third-order valence-electron chi connectivity index (χ3n) is 2.52. The van der Waals surface area contributed by atoms with Crippen molar-refractivity contribution in [2.24, 2.45) is 11.1 Å². The topological polar surface area (TPSA) is 35.2 Å². The molecule has 15 heavy (non-hydrogen) atoms. The smallest absolute Gasteiger partial charge is 0.0717 e. The van der Waals surface area contributed by atoms with E-state index < -0.39 is 0 Å². The summed E-state index contributed by atoms with van der Waals surface area (Å²) in [5, 5.41) is 0. The van der Waals surface area contributed by atoms with Gasteiger partial charge in [-0.15, -0.1) is 0 Å². The highest BCUT2D eigenvalue weighted by Gasteiger charge is 2.20. The third-order valence-corrected chi connectivity index (χ3v) is 2.52. The van der Waals surface area contributed by atoms with Gasteiger partial charge in [0.2, 0.25) is 0 Å². The largest absolute Gasteiger partial charge is 0.375 e. The van der Waals surface area contributed by atoms with Crippen LogP contribution in [0.1, 0.15) is 26.3 Å². The van der Waals surface area contributed by atoms with Crippen molar-refractivity contribution in [3.63, 3.8) is 0 Å². The van der Waals surface area contributed by atoms with Gasteiger partial charge in [-0.2, -0.15) is 0 Å². The molecule has 0 bridgehead atoms. The first-order valence-corrected chi connectivity index (χ1v) is 5.37. The molecule has 2 heteroatoms. The van der Waals surface area contributed by atoms with Gasteiger partial charge >= 0.3 is 0 Å². The molecule has 1 aromatic rings. The predicted molar refractivity (Wildman–Crippen MR) is 63.5 cm³/mol. The second-order valence-corrected chi connectivity index (χ2v) is 4.97. The van der Waals surface area contributed by atoms with E-state index in [0.29, 0.717) is 13.2 Å². The van der Waals surface area contributed by atoms with E-state index in [1.165, 1.54) is 5.56 Å². The van der Waals surface area contributed by atoms with E-state index in [2.05, 4.69) is 32.9 Å². The zero-order valence-corrected chi connectivity index (χ0v) is 9.86. The van der Waals surface area contributed by atoms with E-state index in [0.717, 1.165) is 0 Å². The van der Waals surface area contributed by atoms with E-state index in [1.54, 1.807) is 0 Å². The molecule has 0 amide bonds. The average Bonchev–Trinajstić information content (AvgIpc) is 2.18. The summed E-state index contributed by atoms with van der Waals surface area (Å²) in [6, 6.07) is 10.2. The Morgan fingerprint density at radius 3 is 2.33 bits per heavy atom. The lowest BCUT2D eigenvalue weighted by Gasteiger charge is -2.26. The predicted octanol–water partition coefficient (Wildman–Crippen LogP) is 2.58. The standard InChI is InChI=1S/C13H21NO/c1-13(2,3)12(14)10-15-9-11-7-5-4-6-8-11/h4-8,12H,9-10,14H2,1-3H3. The Hall–Kier alpha value is -0.860. The summed E-state index contributed by atoms with van der Waals surface area (Å²) in [5.74, 6) is 0. The molecule has 1 rings (SSSR count). The summed E-state index contributed by atoms with van der Waals surface area (Å²) in [5.41, 5.74) is 7.29. The lowest BCUT2D eigenvalue weighted by Crippen LogP contribution is -2.39. The van der Waals surface area contributed by atoms with Gasteiger partial charge in [0, 0.05) is 6.04 Å². The van der Waals surface area contributed by atoms with Gasteiger partial charge in [-0.3, -0.25) is 0 Å². The molecular formula is C13H21NO. The summed E-state index contributed by atoms with van der Waals surface area (Å²) in [6.07, 6.45) is 0. The van der Waals surface area contributed by atoms with Crippen molar-refractivity contribution in [3.8, 4) is 0 Å². The van der Waals surface area contributed by atoms with Crippen LogP contribution in [0.3, 0.4) is 0 Å². The van der Waals surface area contributed by atoms with Crippen LogP contribution in [-0.4, -0.2) is 12.6 Å². The average molecular weight is 207 g/mol. The number of nitrogens with two attached hydrogens (primary N) is 1. The van der Waals surface area contributed by atoms with E-state index in [4.69, 9.17) is 10.5 Å². The minimum absolute atomic E-state index is 0.0845. The number of hydrogen-bond donors (Lipinski definition) is 1. The van der Waals surface area contributed by atoms with E-state index in [1.807, 2.05) is 18.2 Å². The molecule has 1 atom stereocenters. The summed E-state index contributed by atoms with van der Waals surface area (Å²) >= 11 is 0. The van der Waals surface area contributed by atoms with Gasteiger partial charge in [-0.1, -0.05) is 51.1 Å². The van der Waals surface area contributed by atoms with E-state index in [-0.39, 0.29) is 11.5 Å². The Labute approximate surface area is 92.4 Å². The summed E-state index contributed by atoms with van der Waals surface area (Å²) in [4.78, 5) is 0. The van der Waals surface area contributed by atoms with Gasteiger partial charge in [0.1, 0.15) is 0 Å². The van der Waals surface area contributed by atoms with Crippen molar-refractivity contribution in [3.05, 3.63) is 35.9 Å². The molecule has 0 spiro atoms. The molecule has 0 aliphatic carbocycles. The molecule has 84 valence electrons. The molecule has 0 fully saturated rings. The van der Waals surface area contributed by atoms with Crippen molar-refractivity contribution in [1.82, 2.24) is 0 Å². The fourth-order valence-electron chi connectivity index (χ4n) is 1.13. The fraction of sp³-hybridized carbons (Fsp3) is 0.538. The van der Waals surface area contributed by atoms with Crippen LogP contribution in [0.4, 0.5) is 0 Å². The van der Waals surface area contributed by atoms with Crippen molar-refractivity contribution in [2.75, 3.05) is 6.61 Å². The highest BCUT2D eigenvalue weighted by atomic mass is 16.5. The maximum Gasteiger partial charge on any atom is 0.0717 e. The maximum atomic E-state index is 5.99. The molecule has 1 aromatic carbocycles. The van der Waals surface area contributed by atoms with Gasteiger partial charge in [0.25, 0.3) is 0 Å². The minimum atomic E-state index is 0.0845. The molecule has 0 aliphatic rings. The Morgan fingerprint density at radius 2 is 1.80 bits per heavy atom. The maximum absolute atomic E-state index is 5.99. The minimum Gasteiger partial charge on any atom is -0.375 e. The summed E-state index contributed by atoms with van der Waals surface area (Å²) < 4.78 is 5.58. The molecule has 2 nitrogen and oxygen atoms in total. The Kier molecular flexibility index (Phi) is 4.30. The van der Waals surface area contributed by atoms with Crippen LogP contribution in [0, 0.1) is 5.41 Å². The van der Waals surface area contributed by atoms with Crippen LogP contribution >= 0.6 is 0 Å². The quantitative estimate of drug-likeness (QED) is 0.823. The molecular weight excluding hydrogens is 186 g/mol. The van der Waals surface area contributed by atoms with Crippen molar-refractivity contribution >= 4 is 0 Å². The fourth-order valence-corrected chi connectivity index (χ4v) is 1.13. The molecule has 0 heterocycles. The van der Waals surface area contributed by atoms with Gasteiger partial charge in [-0.25, -0.2) is 0 Å². The normalized spacial score (nSPS) is 13.9. The van der Waals surface area contributed by atoms with E-state index >= 15 is 0 Å². The van der Waals surface area contributed by atoms with E-state index in [9.17, 15) is 0 Å². The van der Waals surface area contributed by atoms with Gasteiger partial charge in [0.05, 0.1) is 13.2 Å². The SMILES string of the molecule is CC(C)(C)C(N)COCc1ccccc1. The van der Waals surface area contributed by atoms with Crippen LogP contribution in [-0.2, 0) is 11.3 Å². The number of hydrogen-bond acceptors (Lipinski definition) is 2. The van der Waals surface area contributed by atoms with Crippen LogP contribution < -0.4 is 5.73 Å². The second-order valence-electron chi connectivity index (χ2n) is 4.97. The number of benzene rings is 1. The highest BCUT2D eigenvalue weighted by molar-refractivity contribution is 5.13. The van der Waals surface area contributed by atoms with Crippen LogP contribution in [0.5, 0.6) is 0 Å². The molecule has 0 saturated carbocycles. The lowest BCUT2D eigenvalue weighted by atomic mass is 9.88. The van der Waals surface area contributed by atoms with Crippen LogP contribution in [0.25, 0.3) is 0 Å². The Balaban J connectivity index is 2.28. The molecule has 1 unspecified atom stereocenters. The van der Waals surface area contributed by atoms with Crippen molar-refractivity contribution in [1.29, 1.82) is 0 Å². The highest BCUT2D eigenvalue weighted by Crippen LogP contribution is 2.17. The van der Waals surface area contributed by atoms with Crippen LogP contribution in [0.15, 0.2) is 30.3 Å². The molecule has 0 radical (unpaired) electrons. The first-order valence-electron chi connectivity index (χ1n) is 5.37. The number of ether oxygens (including phenoxy) is 1. The first-order chi connectivity index (χ1) is 7.00. The molecule has 0 saturated heterocycles. The summed E-state index contributed by atoms with van der Waals surface area (Å²) in [7, 11) is 0. The molecule has 2 N–H and O–H groups in total. The number of rotatable bonds is 4. The summed E-state index contributed by atoms with van der Waals surface area (Å²) in [6.45, 7) is 7.64. The lowest BCUT2D eigenvalue weighted by molar-refractivity contribution is 0.0792. The third kappa shape index (κ3) is 4.45. The Morgan fingerprint density at radius 1 is 1.20 bits per heavy atom. The van der Waals surface area contributed by atoms with Crippen molar-refractivity contribution < 1.29 is 4.74 Å². The molecule has 0 aromatic heterocycles. The molecule has 0 aliphatic heterocycles.